The lowest BCUT2D eigenvalue weighted by Gasteiger charge is -2.39. The van der Waals surface area contributed by atoms with Gasteiger partial charge < -0.3 is 4.74 Å². The van der Waals surface area contributed by atoms with Gasteiger partial charge in [-0.05, 0) is 36.3 Å². The molecule has 0 aliphatic heterocycles. The summed E-state index contributed by atoms with van der Waals surface area (Å²) in [5, 5.41) is 10.6. The van der Waals surface area contributed by atoms with E-state index in [9.17, 15) is 19.7 Å². The van der Waals surface area contributed by atoms with Crippen molar-refractivity contribution >= 4 is 17.4 Å². The van der Waals surface area contributed by atoms with Crippen LogP contribution in [-0.4, -0.2) is 23.3 Å². The van der Waals surface area contributed by atoms with Crippen molar-refractivity contribution in [2.24, 2.45) is 16.7 Å². The highest BCUT2D eigenvalue weighted by Gasteiger charge is 2.53. The highest BCUT2D eigenvalue weighted by Crippen LogP contribution is 2.56. The Hall–Kier alpha value is -2.24. The van der Waals surface area contributed by atoms with Gasteiger partial charge in [-0.25, -0.2) is 4.79 Å². The molecule has 0 aromatic heterocycles. The summed E-state index contributed by atoms with van der Waals surface area (Å²) in [4.78, 5) is 34.8. The third-order valence-electron chi connectivity index (χ3n) is 6.22. The average molecular weight is 347 g/mol. The highest BCUT2D eigenvalue weighted by atomic mass is 16.6. The zero-order valence-electron chi connectivity index (χ0n) is 15.2. The second-order valence-electron chi connectivity index (χ2n) is 7.61. The van der Waals surface area contributed by atoms with Gasteiger partial charge in [-0.3, -0.25) is 14.9 Å². The van der Waals surface area contributed by atoms with Gasteiger partial charge in [-0.1, -0.05) is 27.7 Å². The number of carbonyl (C=O) groups excluding carboxylic acids is 2. The predicted molar refractivity (Wildman–Crippen MR) is 93.3 cm³/mol. The lowest BCUT2D eigenvalue weighted by atomic mass is 9.63. The van der Waals surface area contributed by atoms with Gasteiger partial charge in [0.25, 0.3) is 5.69 Å². The molecule has 136 valence electrons. The van der Waals surface area contributed by atoms with Crippen LogP contribution in [0.4, 0.5) is 5.69 Å². The van der Waals surface area contributed by atoms with Gasteiger partial charge in [0.1, 0.15) is 5.78 Å². The molecule has 2 rings (SSSR count). The zero-order valence-corrected chi connectivity index (χ0v) is 15.2. The van der Waals surface area contributed by atoms with Gasteiger partial charge in [0, 0.05) is 24.0 Å². The lowest BCUT2D eigenvalue weighted by molar-refractivity contribution is -0.384. The van der Waals surface area contributed by atoms with Gasteiger partial charge >= 0.3 is 5.97 Å². The predicted octanol–water partition coefficient (Wildman–Crippen LogP) is 4.17. The highest BCUT2D eigenvalue weighted by molar-refractivity contribution is 5.90. The largest absolute Gasteiger partial charge is 0.462 e. The van der Waals surface area contributed by atoms with Crippen LogP contribution < -0.4 is 0 Å². The summed E-state index contributed by atoms with van der Waals surface area (Å²) in [5.41, 5.74) is -0.324. The van der Waals surface area contributed by atoms with Gasteiger partial charge in [-0.15, -0.1) is 0 Å². The molecule has 1 aromatic carbocycles. The standard InChI is InChI=1S/C19H25NO5/c1-13-9-11-19(4,18(13,2)3)16(21)10-12-25-17(22)14-5-7-15(8-6-14)20(23)24/h5-8,13H,9-12H2,1-4H3. The number of Topliss-reactive ketones (excluding diaryl/α,β-unsaturated/α-hetero) is 1. The summed E-state index contributed by atoms with van der Waals surface area (Å²) in [5.74, 6) is 0.0226. The van der Waals surface area contributed by atoms with Crippen LogP contribution in [0, 0.1) is 26.9 Å². The number of rotatable bonds is 6. The summed E-state index contributed by atoms with van der Waals surface area (Å²) in [6.07, 6.45) is 2.07. The summed E-state index contributed by atoms with van der Waals surface area (Å²) in [7, 11) is 0. The van der Waals surface area contributed by atoms with Crippen molar-refractivity contribution in [1.82, 2.24) is 0 Å². The molecule has 0 heterocycles. The van der Waals surface area contributed by atoms with Gasteiger partial charge in [-0.2, -0.15) is 0 Å². The molecule has 1 aliphatic carbocycles. The molecule has 1 saturated carbocycles. The minimum atomic E-state index is -0.577. The van der Waals surface area contributed by atoms with Crippen LogP contribution in [0.15, 0.2) is 24.3 Å². The number of ketones is 1. The van der Waals surface area contributed by atoms with Crippen molar-refractivity contribution in [2.75, 3.05) is 6.61 Å². The Morgan fingerprint density at radius 1 is 1.24 bits per heavy atom. The van der Waals surface area contributed by atoms with Crippen molar-refractivity contribution in [1.29, 1.82) is 0 Å². The van der Waals surface area contributed by atoms with E-state index in [1.165, 1.54) is 24.3 Å². The third kappa shape index (κ3) is 3.57. The first kappa shape index (κ1) is 19.1. The Bertz CT molecular complexity index is 680. The maximum atomic E-state index is 12.7. The van der Waals surface area contributed by atoms with Crippen molar-refractivity contribution < 1.29 is 19.2 Å². The molecule has 2 atom stereocenters. The number of benzene rings is 1. The van der Waals surface area contributed by atoms with Crippen LogP contribution in [0.1, 0.15) is 57.3 Å². The first-order chi connectivity index (χ1) is 11.6. The zero-order chi connectivity index (χ0) is 18.8. The molecule has 0 saturated heterocycles. The van der Waals surface area contributed by atoms with Crippen molar-refractivity contribution in [3.05, 3.63) is 39.9 Å². The van der Waals surface area contributed by atoms with E-state index in [2.05, 4.69) is 20.8 Å². The van der Waals surface area contributed by atoms with E-state index in [-0.39, 0.29) is 35.5 Å². The van der Waals surface area contributed by atoms with Crippen molar-refractivity contribution in [3.63, 3.8) is 0 Å². The van der Waals surface area contributed by atoms with E-state index in [1.807, 2.05) is 6.92 Å². The molecule has 0 amide bonds. The smallest absolute Gasteiger partial charge is 0.338 e. The Kier molecular flexibility index (Phi) is 5.30. The summed E-state index contributed by atoms with van der Waals surface area (Å²) in [6.45, 7) is 8.47. The fourth-order valence-corrected chi connectivity index (χ4v) is 3.55. The monoisotopic (exact) mass is 347 g/mol. The maximum absolute atomic E-state index is 12.7. The summed E-state index contributed by atoms with van der Waals surface area (Å²) < 4.78 is 5.17. The van der Waals surface area contributed by atoms with Crippen LogP contribution in [-0.2, 0) is 9.53 Å². The van der Waals surface area contributed by atoms with Gasteiger partial charge in [0.05, 0.1) is 17.1 Å². The summed E-state index contributed by atoms with van der Waals surface area (Å²) in [6, 6.07) is 5.22. The molecule has 1 aromatic rings. The second kappa shape index (κ2) is 6.94. The number of non-ortho nitro benzene ring substituents is 1. The third-order valence-corrected chi connectivity index (χ3v) is 6.22. The minimum absolute atomic E-state index is 0.0225. The number of ether oxygens (including phenoxy) is 1. The molecule has 0 bridgehead atoms. The molecule has 6 heteroatoms. The Balaban J connectivity index is 1.91. The SMILES string of the molecule is CC1CCC(C)(C(=O)CCOC(=O)c2ccc([N+](=O)[O-])cc2)C1(C)C. The van der Waals surface area contributed by atoms with Crippen LogP contribution in [0.3, 0.4) is 0 Å². The van der Waals surface area contributed by atoms with E-state index in [0.29, 0.717) is 5.92 Å². The van der Waals surface area contributed by atoms with E-state index in [1.54, 1.807) is 0 Å². The molecule has 2 unspecified atom stereocenters. The first-order valence-electron chi connectivity index (χ1n) is 8.54. The molecule has 1 fully saturated rings. The first-order valence-corrected chi connectivity index (χ1v) is 8.54. The normalized spacial score (nSPS) is 24.7. The molecule has 0 radical (unpaired) electrons. The number of nitrogens with zero attached hydrogens (tertiary/aromatic N) is 1. The Morgan fingerprint density at radius 3 is 2.32 bits per heavy atom. The van der Waals surface area contributed by atoms with Gasteiger partial charge in [0.15, 0.2) is 0 Å². The number of hydrogen-bond donors (Lipinski definition) is 0. The minimum Gasteiger partial charge on any atom is -0.462 e. The quantitative estimate of drug-likeness (QED) is 0.438. The fraction of sp³-hybridized carbons (Fsp3) is 0.579. The summed E-state index contributed by atoms with van der Waals surface area (Å²) >= 11 is 0. The second-order valence-corrected chi connectivity index (χ2v) is 7.61. The lowest BCUT2D eigenvalue weighted by Crippen LogP contribution is -2.40. The molecule has 1 aliphatic rings. The van der Waals surface area contributed by atoms with Crippen LogP contribution in [0.2, 0.25) is 0 Å². The number of esters is 1. The van der Waals surface area contributed by atoms with Gasteiger partial charge in [0.2, 0.25) is 0 Å². The molecule has 6 nitrogen and oxygen atoms in total. The molecular formula is C19H25NO5. The average Bonchev–Trinajstić information content (AvgIpc) is 2.78. The number of hydrogen-bond acceptors (Lipinski definition) is 5. The molecule has 25 heavy (non-hydrogen) atoms. The van der Waals surface area contributed by atoms with Crippen LogP contribution in [0.5, 0.6) is 0 Å². The topological polar surface area (TPSA) is 86.5 Å². The molecule has 0 N–H and O–H groups in total. The molecule has 0 spiro atoms. The van der Waals surface area contributed by atoms with E-state index in [0.717, 1.165) is 12.8 Å². The number of carbonyl (C=O) groups is 2. The van der Waals surface area contributed by atoms with E-state index >= 15 is 0 Å². The van der Waals surface area contributed by atoms with Crippen molar-refractivity contribution in [2.45, 2.75) is 47.0 Å². The van der Waals surface area contributed by atoms with Crippen LogP contribution in [0.25, 0.3) is 0 Å². The fourth-order valence-electron chi connectivity index (χ4n) is 3.55. The van der Waals surface area contributed by atoms with Crippen LogP contribution >= 0.6 is 0 Å². The molecular weight excluding hydrogens is 322 g/mol. The van der Waals surface area contributed by atoms with E-state index < -0.39 is 16.3 Å². The number of nitro groups is 1. The Morgan fingerprint density at radius 2 is 1.84 bits per heavy atom. The Labute approximate surface area is 147 Å². The van der Waals surface area contributed by atoms with E-state index in [4.69, 9.17) is 4.74 Å². The van der Waals surface area contributed by atoms with Crippen molar-refractivity contribution in [3.8, 4) is 0 Å². The maximum Gasteiger partial charge on any atom is 0.338 e. The number of nitro benzene ring substituents is 1.